The van der Waals surface area contributed by atoms with Crippen LogP contribution in [0.3, 0.4) is 0 Å². The summed E-state index contributed by atoms with van der Waals surface area (Å²) in [5.74, 6) is 0.0575. The van der Waals surface area contributed by atoms with E-state index in [1.807, 2.05) is 44.2 Å². The van der Waals surface area contributed by atoms with Crippen LogP contribution in [0.15, 0.2) is 40.3 Å². The van der Waals surface area contributed by atoms with Gasteiger partial charge < -0.3 is 10.3 Å². The summed E-state index contributed by atoms with van der Waals surface area (Å²) in [4.78, 5) is 32.9. The second kappa shape index (κ2) is 6.55. The Morgan fingerprint density at radius 2 is 2.13 bits per heavy atom. The maximum absolute atomic E-state index is 12.0. The first kappa shape index (κ1) is 15.8. The zero-order chi connectivity index (χ0) is 16.4. The number of amides is 1. The first-order chi connectivity index (χ1) is 11.0. The number of thiophene rings is 1. The highest BCUT2D eigenvalue weighted by atomic mass is 32.2. The monoisotopic (exact) mass is 345 g/mol. The molecule has 0 saturated heterocycles. The standard InChI is InChI=1S/C16H15N3O2S2/c1-9-5-3-4-6-12(9)17-13(20)8-22-16-18-14(21)11-7-10(2)23-15(11)19-16/h3-7H,8H2,1-2H3,(H,17,20)(H,18,19,21). The van der Waals surface area contributed by atoms with Crippen molar-refractivity contribution in [1.29, 1.82) is 0 Å². The molecule has 0 radical (unpaired) electrons. The lowest BCUT2D eigenvalue weighted by Gasteiger charge is -2.07. The molecule has 118 valence electrons. The first-order valence-corrected chi connectivity index (χ1v) is 8.82. The van der Waals surface area contributed by atoms with Crippen LogP contribution in [0.5, 0.6) is 0 Å². The number of para-hydroxylation sites is 1. The number of thioether (sulfide) groups is 1. The van der Waals surface area contributed by atoms with E-state index < -0.39 is 0 Å². The summed E-state index contributed by atoms with van der Waals surface area (Å²) in [6, 6.07) is 9.42. The van der Waals surface area contributed by atoms with E-state index in [-0.39, 0.29) is 17.2 Å². The van der Waals surface area contributed by atoms with Gasteiger partial charge in [-0.1, -0.05) is 30.0 Å². The van der Waals surface area contributed by atoms with Gasteiger partial charge in [-0.05, 0) is 31.5 Å². The number of fused-ring (bicyclic) bond motifs is 1. The van der Waals surface area contributed by atoms with Crippen LogP contribution < -0.4 is 10.9 Å². The Hall–Kier alpha value is -2.12. The van der Waals surface area contributed by atoms with E-state index in [0.717, 1.165) is 16.1 Å². The number of rotatable bonds is 4. The fourth-order valence-electron chi connectivity index (χ4n) is 2.13. The second-order valence-electron chi connectivity index (χ2n) is 5.10. The van der Waals surface area contributed by atoms with E-state index in [9.17, 15) is 9.59 Å². The summed E-state index contributed by atoms with van der Waals surface area (Å²) < 4.78 is 0. The van der Waals surface area contributed by atoms with Crippen LogP contribution in [0, 0.1) is 13.8 Å². The highest BCUT2D eigenvalue weighted by molar-refractivity contribution is 7.99. The van der Waals surface area contributed by atoms with Crippen LogP contribution in [-0.2, 0) is 4.79 Å². The number of anilines is 1. The first-order valence-electron chi connectivity index (χ1n) is 7.01. The molecule has 0 aliphatic heterocycles. The normalized spacial score (nSPS) is 10.9. The Labute approximate surface area is 141 Å². The van der Waals surface area contributed by atoms with Crippen molar-refractivity contribution in [2.24, 2.45) is 0 Å². The quantitative estimate of drug-likeness (QED) is 0.562. The van der Waals surface area contributed by atoms with Gasteiger partial charge in [0.25, 0.3) is 5.56 Å². The average Bonchev–Trinajstić information content (AvgIpc) is 2.89. The summed E-state index contributed by atoms with van der Waals surface area (Å²) in [6.07, 6.45) is 0. The number of aryl methyl sites for hydroxylation is 2. The van der Waals surface area contributed by atoms with Gasteiger partial charge in [0.2, 0.25) is 5.91 Å². The minimum absolute atomic E-state index is 0.130. The molecule has 7 heteroatoms. The van der Waals surface area contributed by atoms with Crippen molar-refractivity contribution in [2.45, 2.75) is 19.0 Å². The molecule has 0 saturated carbocycles. The van der Waals surface area contributed by atoms with E-state index in [1.165, 1.54) is 23.1 Å². The van der Waals surface area contributed by atoms with Gasteiger partial charge >= 0.3 is 0 Å². The van der Waals surface area contributed by atoms with Crippen LogP contribution in [-0.4, -0.2) is 21.6 Å². The zero-order valence-corrected chi connectivity index (χ0v) is 14.3. The smallest absolute Gasteiger partial charge is 0.260 e. The van der Waals surface area contributed by atoms with Gasteiger partial charge in [-0.25, -0.2) is 4.98 Å². The zero-order valence-electron chi connectivity index (χ0n) is 12.7. The SMILES string of the molecule is Cc1cc2c(=O)[nH]c(SCC(=O)Nc3ccccc3C)nc2s1. The van der Waals surface area contributed by atoms with Gasteiger partial charge in [-0.3, -0.25) is 9.59 Å². The molecular formula is C16H15N3O2S2. The number of nitrogens with one attached hydrogen (secondary N) is 2. The van der Waals surface area contributed by atoms with Crippen molar-refractivity contribution in [1.82, 2.24) is 9.97 Å². The molecule has 5 nitrogen and oxygen atoms in total. The number of hydrogen-bond acceptors (Lipinski definition) is 5. The number of aromatic nitrogens is 2. The molecule has 3 aromatic rings. The summed E-state index contributed by atoms with van der Waals surface area (Å²) in [6.45, 7) is 3.88. The van der Waals surface area contributed by atoms with E-state index in [0.29, 0.717) is 15.4 Å². The van der Waals surface area contributed by atoms with Gasteiger partial charge in [0.05, 0.1) is 11.1 Å². The third kappa shape index (κ3) is 3.62. The van der Waals surface area contributed by atoms with Gasteiger partial charge in [0, 0.05) is 10.6 Å². The van der Waals surface area contributed by atoms with Gasteiger partial charge in [-0.2, -0.15) is 0 Å². The van der Waals surface area contributed by atoms with Crippen molar-refractivity contribution in [3.05, 3.63) is 51.1 Å². The van der Waals surface area contributed by atoms with Crippen LogP contribution in [0.4, 0.5) is 5.69 Å². The molecule has 2 N–H and O–H groups in total. The lowest BCUT2D eigenvalue weighted by Crippen LogP contribution is -2.16. The van der Waals surface area contributed by atoms with Crippen molar-refractivity contribution in [3.8, 4) is 0 Å². The van der Waals surface area contributed by atoms with Crippen LogP contribution in [0.2, 0.25) is 0 Å². The number of carbonyl (C=O) groups excluding carboxylic acids is 1. The lowest BCUT2D eigenvalue weighted by molar-refractivity contribution is -0.113. The maximum Gasteiger partial charge on any atom is 0.260 e. The number of carbonyl (C=O) groups is 1. The Bertz CT molecular complexity index is 930. The summed E-state index contributed by atoms with van der Waals surface area (Å²) in [5.41, 5.74) is 1.64. The molecule has 0 fully saturated rings. The Kier molecular flexibility index (Phi) is 4.49. The minimum Gasteiger partial charge on any atom is -0.325 e. The topological polar surface area (TPSA) is 74.8 Å². The second-order valence-corrected chi connectivity index (χ2v) is 7.30. The Morgan fingerprint density at radius 1 is 1.35 bits per heavy atom. The highest BCUT2D eigenvalue weighted by Crippen LogP contribution is 2.22. The van der Waals surface area contributed by atoms with Crippen molar-refractivity contribution in [2.75, 3.05) is 11.1 Å². The largest absolute Gasteiger partial charge is 0.325 e. The van der Waals surface area contributed by atoms with Gasteiger partial charge in [-0.15, -0.1) is 11.3 Å². The summed E-state index contributed by atoms with van der Waals surface area (Å²) in [5, 5.41) is 3.92. The van der Waals surface area contributed by atoms with E-state index in [4.69, 9.17) is 0 Å². The molecule has 2 heterocycles. The van der Waals surface area contributed by atoms with Crippen LogP contribution >= 0.6 is 23.1 Å². The fraction of sp³-hybridized carbons (Fsp3) is 0.188. The Balaban J connectivity index is 1.69. The average molecular weight is 345 g/mol. The Morgan fingerprint density at radius 3 is 2.91 bits per heavy atom. The summed E-state index contributed by atoms with van der Waals surface area (Å²) in [7, 11) is 0. The van der Waals surface area contributed by atoms with Crippen molar-refractivity contribution >= 4 is 44.9 Å². The number of benzene rings is 1. The molecule has 23 heavy (non-hydrogen) atoms. The molecular weight excluding hydrogens is 330 g/mol. The fourth-order valence-corrected chi connectivity index (χ4v) is 3.73. The van der Waals surface area contributed by atoms with E-state index in [2.05, 4.69) is 15.3 Å². The number of hydrogen-bond donors (Lipinski definition) is 2. The third-order valence-electron chi connectivity index (χ3n) is 3.26. The van der Waals surface area contributed by atoms with Gasteiger partial charge in [0.15, 0.2) is 5.16 Å². The lowest BCUT2D eigenvalue weighted by atomic mass is 10.2. The summed E-state index contributed by atoms with van der Waals surface area (Å²) >= 11 is 2.69. The van der Waals surface area contributed by atoms with E-state index in [1.54, 1.807) is 0 Å². The molecule has 0 unspecified atom stereocenters. The predicted molar refractivity (Wildman–Crippen MR) is 95.5 cm³/mol. The van der Waals surface area contributed by atoms with Crippen molar-refractivity contribution in [3.63, 3.8) is 0 Å². The van der Waals surface area contributed by atoms with Crippen LogP contribution in [0.1, 0.15) is 10.4 Å². The number of H-pyrrole nitrogens is 1. The molecule has 1 amide bonds. The molecule has 0 atom stereocenters. The van der Waals surface area contributed by atoms with Gasteiger partial charge in [0.1, 0.15) is 4.83 Å². The molecule has 0 aliphatic rings. The molecule has 0 spiro atoms. The molecule has 3 rings (SSSR count). The number of nitrogens with zero attached hydrogens (tertiary/aromatic N) is 1. The molecule has 2 aromatic heterocycles. The van der Waals surface area contributed by atoms with E-state index >= 15 is 0 Å². The maximum atomic E-state index is 12.0. The highest BCUT2D eigenvalue weighted by Gasteiger charge is 2.10. The molecule has 1 aromatic carbocycles. The predicted octanol–water partition coefficient (Wildman–Crippen LogP) is 3.33. The number of aromatic amines is 1. The third-order valence-corrected chi connectivity index (χ3v) is 5.08. The van der Waals surface area contributed by atoms with Crippen LogP contribution in [0.25, 0.3) is 10.2 Å². The molecule has 0 bridgehead atoms. The molecule has 0 aliphatic carbocycles. The van der Waals surface area contributed by atoms with Crippen molar-refractivity contribution < 1.29 is 4.79 Å². The minimum atomic E-state index is -0.166.